The first kappa shape index (κ1) is 23.0. The highest BCUT2D eigenvalue weighted by molar-refractivity contribution is 7.88. The van der Waals surface area contributed by atoms with Crippen molar-refractivity contribution in [2.24, 2.45) is 5.92 Å². The van der Waals surface area contributed by atoms with E-state index in [0.29, 0.717) is 48.7 Å². The monoisotopic (exact) mass is 493 g/mol. The number of nitrogens with one attached hydrogen (secondary N) is 1. The molecule has 0 unspecified atom stereocenters. The highest BCUT2D eigenvalue weighted by Crippen LogP contribution is 2.26. The fourth-order valence-corrected chi connectivity index (χ4v) is 6.65. The Labute approximate surface area is 195 Å². The van der Waals surface area contributed by atoms with Gasteiger partial charge in [0.1, 0.15) is 0 Å². The molecular weight excluding hydrogens is 470 g/mol. The van der Waals surface area contributed by atoms with Crippen LogP contribution in [0.2, 0.25) is 5.02 Å². The van der Waals surface area contributed by atoms with Crippen LogP contribution in [0.5, 0.6) is 0 Å². The third kappa shape index (κ3) is 4.91. The van der Waals surface area contributed by atoms with Crippen LogP contribution in [0.3, 0.4) is 0 Å². The first-order chi connectivity index (χ1) is 15.3. The minimum atomic E-state index is -3.46. The number of halogens is 1. The molecule has 0 atom stereocenters. The lowest BCUT2D eigenvalue weighted by Gasteiger charge is -2.30. The number of sulfonamides is 1. The zero-order valence-corrected chi connectivity index (χ0v) is 20.0. The molecule has 1 aliphatic rings. The molecule has 2 heterocycles. The minimum Gasteiger partial charge on any atom is -0.326 e. The van der Waals surface area contributed by atoms with E-state index < -0.39 is 10.0 Å². The second-order valence-corrected chi connectivity index (χ2v) is 11.2. The first-order valence-electron chi connectivity index (χ1n) is 10.4. The molecule has 0 aliphatic carbocycles. The molecular formula is C22H24ClN3O4S2. The molecule has 32 heavy (non-hydrogen) atoms. The predicted molar refractivity (Wildman–Crippen MR) is 129 cm³/mol. The molecule has 0 bridgehead atoms. The normalized spacial score (nSPS) is 15.8. The van der Waals surface area contributed by atoms with Crippen molar-refractivity contribution in [2.45, 2.75) is 32.1 Å². The fourth-order valence-electron chi connectivity index (χ4n) is 3.97. The van der Waals surface area contributed by atoms with Gasteiger partial charge in [0.2, 0.25) is 15.9 Å². The molecule has 170 valence electrons. The number of benzene rings is 2. The molecule has 1 amide bonds. The second-order valence-electron chi connectivity index (χ2n) is 7.84. The highest BCUT2D eigenvalue weighted by Gasteiger charge is 2.31. The smallest absolute Gasteiger partial charge is 0.308 e. The molecule has 0 spiro atoms. The van der Waals surface area contributed by atoms with Crippen LogP contribution in [0.25, 0.3) is 10.2 Å². The van der Waals surface area contributed by atoms with Crippen LogP contribution in [0.1, 0.15) is 25.3 Å². The second kappa shape index (κ2) is 9.35. The van der Waals surface area contributed by atoms with Gasteiger partial charge in [-0.15, -0.1) is 0 Å². The van der Waals surface area contributed by atoms with Gasteiger partial charge in [0.05, 0.1) is 16.0 Å². The van der Waals surface area contributed by atoms with Gasteiger partial charge in [0.15, 0.2) is 0 Å². The number of fused-ring (bicyclic) bond motifs is 1. The lowest BCUT2D eigenvalue weighted by Crippen LogP contribution is -2.41. The average molecular weight is 494 g/mol. The quantitative estimate of drug-likeness (QED) is 0.563. The van der Waals surface area contributed by atoms with Crippen molar-refractivity contribution in [1.29, 1.82) is 0 Å². The summed E-state index contributed by atoms with van der Waals surface area (Å²) in [6.07, 6.45) is 0.931. The zero-order chi connectivity index (χ0) is 22.9. The number of carbonyl (C=O) groups is 1. The number of carbonyl (C=O) groups excluding carboxylic acids is 1. The van der Waals surface area contributed by atoms with Crippen molar-refractivity contribution in [2.75, 3.05) is 18.4 Å². The lowest BCUT2D eigenvalue weighted by molar-refractivity contribution is -0.120. The van der Waals surface area contributed by atoms with Gasteiger partial charge >= 0.3 is 4.87 Å². The molecule has 1 aliphatic heterocycles. The molecule has 3 aromatic rings. The third-order valence-electron chi connectivity index (χ3n) is 5.73. The van der Waals surface area contributed by atoms with Gasteiger partial charge in [-0.2, -0.15) is 0 Å². The number of amides is 1. The summed E-state index contributed by atoms with van der Waals surface area (Å²) in [6, 6.07) is 12.2. The number of hydrogen-bond acceptors (Lipinski definition) is 5. The van der Waals surface area contributed by atoms with Gasteiger partial charge < -0.3 is 5.32 Å². The Kier molecular flexibility index (Phi) is 6.71. The van der Waals surface area contributed by atoms with Crippen molar-refractivity contribution in [1.82, 2.24) is 8.87 Å². The Hall–Kier alpha value is -2.20. The van der Waals surface area contributed by atoms with Crippen molar-refractivity contribution in [3.8, 4) is 0 Å². The minimum absolute atomic E-state index is 0.0156. The summed E-state index contributed by atoms with van der Waals surface area (Å²) < 4.78 is 29.5. The van der Waals surface area contributed by atoms with Crippen LogP contribution in [0.4, 0.5) is 5.69 Å². The van der Waals surface area contributed by atoms with E-state index >= 15 is 0 Å². The molecule has 2 aromatic carbocycles. The van der Waals surface area contributed by atoms with Crippen molar-refractivity contribution in [3.05, 3.63) is 62.7 Å². The number of thiazole rings is 1. The van der Waals surface area contributed by atoms with Gasteiger partial charge in [0, 0.05) is 36.3 Å². The Balaban J connectivity index is 1.36. The van der Waals surface area contributed by atoms with Gasteiger partial charge in [-0.05, 0) is 55.7 Å². The van der Waals surface area contributed by atoms with E-state index in [1.165, 1.54) is 4.31 Å². The number of anilines is 1. The number of aryl methyl sites for hydroxylation is 1. The van der Waals surface area contributed by atoms with E-state index in [-0.39, 0.29) is 22.5 Å². The maximum Gasteiger partial charge on any atom is 0.308 e. The summed E-state index contributed by atoms with van der Waals surface area (Å²) in [5.74, 6) is -0.463. The average Bonchev–Trinajstić information content (AvgIpc) is 3.09. The van der Waals surface area contributed by atoms with Crippen molar-refractivity contribution >= 4 is 54.8 Å². The fraction of sp³-hybridized carbons (Fsp3) is 0.364. The van der Waals surface area contributed by atoms with Crippen LogP contribution in [0.15, 0.2) is 47.3 Å². The summed E-state index contributed by atoms with van der Waals surface area (Å²) in [4.78, 5) is 24.8. The zero-order valence-electron chi connectivity index (χ0n) is 17.6. The molecule has 4 rings (SSSR count). The number of piperidine rings is 1. The topological polar surface area (TPSA) is 88.5 Å². The lowest BCUT2D eigenvalue weighted by atomic mass is 9.97. The van der Waals surface area contributed by atoms with Crippen molar-refractivity contribution < 1.29 is 13.2 Å². The van der Waals surface area contributed by atoms with E-state index in [1.54, 1.807) is 34.9 Å². The van der Waals surface area contributed by atoms with Crippen LogP contribution in [-0.2, 0) is 27.1 Å². The molecule has 1 fully saturated rings. The maximum atomic E-state index is 12.8. The Morgan fingerprint density at radius 2 is 1.84 bits per heavy atom. The van der Waals surface area contributed by atoms with E-state index in [1.807, 2.05) is 19.1 Å². The van der Waals surface area contributed by atoms with Gasteiger partial charge in [-0.3, -0.25) is 14.2 Å². The van der Waals surface area contributed by atoms with Gasteiger partial charge in [-0.25, -0.2) is 12.7 Å². The number of nitrogens with zero attached hydrogens (tertiary/aromatic N) is 2. The summed E-state index contributed by atoms with van der Waals surface area (Å²) in [7, 11) is -3.46. The molecule has 0 saturated carbocycles. The largest absolute Gasteiger partial charge is 0.326 e. The summed E-state index contributed by atoms with van der Waals surface area (Å²) in [5.41, 5.74) is 2.19. The molecule has 10 heteroatoms. The van der Waals surface area contributed by atoms with Gasteiger partial charge in [-0.1, -0.05) is 35.1 Å². The summed E-state index contributed by atoms with van der Waals surface area (Å²) >= 11 is 7.03. The van der Waals surface area contributed by atoms with E-state index in [2.05, 4.69) is 5.32 Å². The molecule has 1 aromatic heterocycles. The Morgan fingerprint density at radius 3 is 2.50 bits per heavy atom. The maximum absolute atomic E-state index is 12.8. The molecule has 7 nitrogen and oxygen atoms in total. The van der Waals surface area contributed by atoms with Crippen LogP contribution < -0.4 is 10.2 Å². The highest BCUT2D eigenvalue weighted by atomic mass is 35.5. The summed E-state index contributed by atoms with van der Waals surface area (Å²) in [6.45, 7) is 3.15. The van der Waals surface area contributed by atoms with Crippen LogP contribution >= 0.6 is 22.9 Å². The predicted octanol–water partition coefficient (Wildman–Crippen LogP) is 3.92. The molecule has 0 radical (unpaired) electrons. The summed E-state index contributed by atoms with van der Waals surface area (Å²) in [5, 5.41) is 3.49. The third-order valence-corrected chi connectivity index (χ3v) is 8.78. The Morgan fingerprint density at radius 1 is 1.16 bits per heavy atom. The first-order valence-corrected chi connectivity index (χ1v) is 13.2. The molecule has 1 N–H and O–H groups in total. The van der Waals surface area contributed by atoms with Crippen LogP contribution in [0, 0.1) is 5.92 Å². The van der Waals surface area contributed by atoms with E-state index in [4.69, 9.17) is 11.6 Å². The number of hydrogen-bond donors (Lipinski definition) is 1. The SMILES string of the molecule is CCn1c(=O)sc2cc(NC(=O)C3CCN(S(=O)(=O)Cc4ccc(Cl)cc4)CC3)ccc21. The van der Waals surface area contributed by atoms with E-state index in [0.717, 1.165) is 21.6 Å². The van der Waals surface area contributed by atoms with E-state index in [9.17, 15) is 18.0 Å². The van der Waals surface area contributed by atoms with Crippen molar-refractivity contribution in [3.63, 3.8) is 0 Å². The number of rotatable bonds is 6. The van der Waals surface area contributed by atoms with Crippen LogP contribution in [-0.4, -0.2) is 36.3 Å². The molecule has 1 saturated heterocycles. The standard InChI is InChI=1S/C22H24ClN3O4S2/c1-2-26-19-8-7-18(13-20(19)31-22(26)28)24-21(27)16-9-11-25(12-10-16)32(29,30)14-15-3-5-17(23)6-4-15/h3-8,13,16H,2,9-12,14H2,1H3,(H,24,27). The Bertz CT molecular complexity index is 1290. The van der Waals surface area contributed by atoms with Gasteiger partial charge in [0.25, 0.3) is 0 Å². The number of aromatic nitrogens is 1.